The Morgan fingerprint density at radius 1 is 1.09 bits per heavy atom. The molecule has 2 atom stereocenters. The highest BCUT2D eigenvalue weighted by Crippen LogP contribution is 2.25. The lowest BCUT2D eigenvalue weighted by atomic mass is 10.1. The van der Waals surface area contributed by atoms with Crippen LogP contribution >= 0.6 is 11.6 Å². The first-order chi connectivity index (χ1) is 16.5. The van der Waals surface area contributed by atoms with E-state index >= 15 is 0 Å². The summed E-state index contributed by atoms with van der Waals surface area (Å²) in [6.45, 7) is 5.30. The summed E-state index contributed by atoms with van der Waals surface area (Å²) in [7, 11) is -3.91. The third kappa shape index (κ3) is 8.21. The van der Waals surface area contributed by atoms with Crippen molar-refractivity contribution in [1.82, 2.24) is 10.2 Å². The summed E-state index contributed by atoms with van der Waals surface area (Å²) in [5.74, 6) is -1.54. The number of hydrogen-bond acceptors (Lipinski definition) is 4. The van der Waals surface area contributed by atoms with Gasteiger partial charge in [-0.3, -0.25) is 13.9 Å². The van der Waals surface area contributed by atoms with Gasteiger partial charge < -0.3 is 10.2 Å². The number of amides is 2. The average molecular weight is 526 g/mol. The van der Waals surface area contributed by atoms with E-state index in [1.807, 2.05) is 44.2 Å². The largest absolute Gasteiger partial charge is 0.352 e. The average Bonchev–Trinajstić information content (AvgIpc) is 2.81. The van der Waals surface area contributed by atoms with Crippen molar-refractivity contribution in [3.63, 3.8) is 0 Å². The first-order valence-electron chi connectivity index (χ1n) is 11.5. The molecule has 0 radical (unpaired) electrons. The van der Waals surface area contributed by atoms with E-state index in [0.717, 1.165) is 34.7 Å². The van der Waals surface area contributed by atoms with E-state index in [2.05, 4.69) is 5.32 Å². The Hall–Kier alpha value is -2.65. The fourth-order valence-corrected chi connectivity index (χ4v) is 4.61. The van der Waals surface area contributed by atoms with Gasteiger partial charge in [-0.2, -0.15) is 0 Å². The van der Waals surface area contributed by atoms with E-state index in [4.69, 9.17) is 11.6 Å². The molecule has 2 aromatic rings. The molecule has 35 heavy (non-hydrogen) atoms. The highest BCUT2D eigenvalue weighted by Gasteiger charge is 2.32. The predicted octanol–water partition coefficient (Wildman–Crippen LogP) is 4.01. The van der Waals surface area contributed by atoms with Crippen molar-refractivity contribution in [2.24, 2.45) is 0 Å². The van der Waals surface area contributed by atoms with Gasteiger partial charge in [0.2, 0.25) is 21.8 Å². The van der Waals surface area contributed by atoms with Gasteiger partial charge >= 0.3 is 0 Å². The van der Waals surface area contributed by atoms with Crippen LogP contribution in [-0.2, 0) is 26.0 Å². The van der Waals surface area contributed by atoms with Crippen LogP contribution in [-0.4, -0.2) is 56.6 Å². The van der Waals surface area contributed by atoms with Crippen molar-refractivity contribution >= 4 is 39.1 Å². The highest BCUT2D eigenvalue weighted by molar-refractivity contribution is 7.92. The standard InChI is InChI=1S/C25H33ClFN3O4S/c1-5-18(3)28-25(32)23(6-2)29(15-14-19-10-8-7-9-11-19)24(31)17-30(35(4,33)34)20-12-13-22(27)21(26)16-20/h7-13,16,18,23H,5-6,14-15,17H2,1-4H3,(H,28,32)/t18-,23+/m1/s1. The van der Waals surface area contributed by atoms with Gasteiger partial charge in [0.25, 0.3) is 0 Å². The van der Waals surface area contributed by atoms with Gasteiger partial charge in [0.05, 0.1) is 17.0 Å². The zero-order chi connectivity index (χ0) is 26.2. The summed E-state index contributed by atoms with van der Waals surface area (Å²) < 4.78 is 39.7. The molecule has 0 aliphatic carbocycles. The van der Waals surface area contributed by atoms with E-state index in [-0.39, 0.29) is 29.2 Å². The number of carbonyl (C=O) groups excluding carboxylic acids is 2. The summed E-state index contributed by atoms with van der Waals surface area (Å²) >= 11 is 5.86. The Labute approximate surface area is 212 Å². The Balaban J connectivity index is 2.38. The van der Waals surface area contributed by atoms with Crippen molar-refractivity contribution in [3.05, 3.63) is 64.9 Å². The summed E-state index contributed by atoms with van der Waals surface area (Å²) in [5, 5.41) is 2.66. The molecular formula is C25H33ClFN3O4S. The van der Waals surface area contributed by atoms with Crippen molar-refractivity contribution in [3.8, 4) is 0 Å². The summed E-state index contributed by atoms with van der Waals surface area (Å²) in [5.41, 5.74) is 1.04. The number of sulfonamides is 1. The number of hydrogen-bond donors (Lipinski definition) is 1. The molecule has 2 amide bonds. The van der Waals surface area contributed by atoms with Gasteiger partial charge in [-0.15, -0.1) is 0 Å². The number of nitrogens with zero attached hydrogens (tertiary/aromatic N) is 2. The Kier molecular flexibility index (Phi) is 10.5. The van der Waals surface area contributed by atoms with Crippen LogP contribution in [0.5, 0.6) is 0 Å². The molecule has 0 aliphatic heterocycles. The normalized spacial score (nSPS) is 13.1. The van der Waals surface area contributed by atoms with Gasteiger partial charge in [-0.25, -0.2) is 12.8 Å². The number of carbonyl (C=O) groups is 2. The van der Waals surface area contributed by atoms with E-state index in [1.54, 1.807) is 6.92 Å². The second-order valence-electron chi connectivity index (χ2n) is 8.43. The zero-order valence-electron chi connectivity index (χ0n) is 20.5. The van der Waals surface area contributed by atoms with Crippen LogP contribution in [0.1, 0.15) is 39.2 Å². The van der Waals surface area contributed by atoms with Gasteiger partial charge in [0.1, 0.15) is 18.4 Å². The van der Waals surface area contributed by atoms with E-state index in [1.165, 1.54) is 11.0 Å². The molecule has 0 spiro atoms. The molecule has 2 rings (SSSR count). The van der Waals surface area contributed by atoms with Crippen molar-refractivity contribution in [2.75, 3.05) is 23.7 Å². The van der Waals surface area contributed by atoms with E-state index < -0.39 is 34.3 Å². The van der Waals surface area contributed by atoms with Gasteiger partial charge in [-0.1, -0.05) is 55.8 Å². The van der Waals surface area contributed by atoms with Crippen LogP contribution in [0.25, 0.3) is 0 Å². The fourth-order valence-electron chi connectivity index (χ4n) is 3.59. The molecule has 1 N–H and O–H groups in total. The van der Waals surface area contributed by atoms with Crippen LogP contribution in [0, 0.1) is 5.82 Å². The smallest absolute Gasteiger partial charge is 0.244 e. The Morgan fingerprint density at radius 2 is 1.74 bits per heavy atom. The van der Waals surface area contributed by atoms with Gasteiger partial charge in [0.15, 0.2) is 0 Å². The number of benzene rings is 2. The van der Waals surface area contributed by atoms with Crippen LogP contribution in [0.15, 0.2) is 48.5 Å². The number of rotatable bonds is 12. The second-order valence-corrected chi connectivity index (χ2v) is 10.7. The molecule has 2 aromatic carbocycles. The molecular weight excluding hydrogens is 493 g/mol. The topological polar surface area (TPSA) is 86.8 Å². The van der Waals surface area contributed by atoms with E-state index in [0.29, 0.717) is 12.8 Å². The molecule has 0 saturated carbocycles. The molecule has 0 unspecified atom stereocenters. The van der Waals surface area contributed by atoms with Crippen LogP contribution in [0.4, 0.5) is 10.1 Å². The molecule has 192 valence electrons. The number of halogens is 2. The van der Waals surface area contributed by atoms with Gasteiger partial charge in [0, 0.05) is 12.6 Å². The van der Waals surface area contributed by atoms with Crippen molar-refractivity contribution < 1.29 is 22.4 Å². The van der Waals surface area contributed by atoms with E-state index in [9.17, 15) is 22.4 Å². The lowest BCUT2D eigenvalue weighted by Crippen LogP contribution is -2.54. The molecule has 7 nitrogen and oxygen atoms in total. The quantitative estimate of drug-likeness (QED) is 0.453. The monoisotopic (exact) mass is 525 g/mol. The minimum atomic E-state index is -3.91. The molecule has 0 aliphatic rings. The third-order valence-corrected chi connectivity index (χ3v) is 7.17. The molecule has 0 fully saturated rings. The first kappa shape index (κ1) is 28.6. The maximum Gasteiger partial charge on any atom is 0.244 e. The fraction of sp³-hybridized carbons (Fsp3) is 0.440. The second kappa shape index (κ2) is 12.9. The molecule has 0 heterocycles. The minimum absolute atomic E-state index is 0.0624. The van der Waals surface area contributed by atoms with Crippen LogP contribution in [0.3, 0.4) is 0 Å². The minimum Gasteiger partial charge on any atom is -0.352 e. The Morgan fingerprint density at radius 3 is 2.29 bits per heavy atom. The molecule has 0 saturated heterocycles. The Bertz CT molecular complexity index is 1110. The molecule has 10 heteroatoms. The lowest BCUT2D eigenvalue weighted by molar-refractivity contribution is -0.139. The zero-order valence-corrected chi connectivity index (χ0v) is 22.1. The van der Waals surface area contributed by atoms with Crippen molar-refractivity contribution in [1.29, 1.82) is 0 Å². The SMILES string of the molecule is CC[C@@H](C)NC(=O)[C@H](CC)N(CCc1ccccc1)C(=O)CN(c1ccc(F)c(Cl)c1)S(C)(=O)=O. The summed E-state index contributed by atoms with van der Waals surface area (Å²) in [6.07, 6.45) is 2.52. The van der Waals surface area contributed by atoms with Crippen LogP contribution < -0.4 is 9.62 Å². The third-order valence-electron chi connectivity index (χ3n) is 5.74. The van der Waals surface area contributed by atoms with Crippen LogP contribution in [0.2, 0.25) is 5.02 Å². The number of anilines is 1. The summed E-state index contributed by atoms with van der Waals surface area (Å²) in [4.78, 5) is 28.0. The molecule has 0 aromatic heterocycles. The van der Waals surface area contributed by atoms with Gasteiger partial charge in [-0.05, 0) is 49.9 Å². The lowest BCUT2D eigenvalue weighted by Gasteiger charge is -2.33. The summed E-state index contributed by atoms with van der Waals surface area (Å²) in [6, 6.07) is 12.1. The number of nitrogens with one attached hydrogen (secondary N) is 1. The maximum absolute atomic E-state index is 13.7. The predicted molar refractivity (Wildman–Crippen MR) is 137 cm³/mol. The molecule has 0 bridgehead atoms. The van der Waals surface area contributed by atoms with Crippen molar-refractivity contribution in [2.45, 2.75) is 52.1 Å². The highest BCUT2D eigenvalue weighted by atomic mass is 35.5. The maximum atomic E-state index is 13.7. The first-order valence-corrected chi connectivity index (χ1v) is 13.8.